The van der Waals surface area contributed by atoms with Crippen LogP contribution in [0.15, 0.2) is 60.7 Å². The molecule has 6 nitrogen and oxygen atoms in total. The number of aromatic nitrogens is 1. The lowest BCUT2D eigenvalue weighted by Crippen LogP contribution is -2.40. The molecule has 6 heteroatoms. The number of aromatic amines is 1. The molecule has 0 saturated carbocycles. The number of nitrogens with two attached hydrogens (primary N) is 1. The standard InChI is InChI=1S/C25H28N2O4/c1-4-29-25(2,30-14-13-28-3)31-23-12-8-6-10-19(23)21-16-17(26)15-20-18-9-5-7-11-22(18)27-24(20)21/h5-12,15-16,27H,4,13-14,26H2,1-3H3. The lowest BCUT2D eigenvalue weighted by Gasteiger charge is -2.30. The van der Waals surface area contributed by atoms with E-state index in [-0.39, 0.29) is 0 Å². The molecule has 31 heavy (non-hydrogen) atoms. The second-order valence-corrected chi connectivity index (χ2v) is 7.40. The highest BCUT2D eigenvalue weighted by Gasteiger charge is 2.29. The van der Waals surface area contributed by atoms with Crippen molar-refractivity contribution in [2.75, 3.05) is 32.7 Å². The first-order chi connectivity index (χ1) is 15.0. The summed E-state index contributed by atoms with van der Waals surface area (Å²) in [6.07, 6.45) is 0. The normalized spacial score (nSPS) is 13.5. The smallest absolute Gasteiger partial charge is 0.323 e. The molecule has 0 aliphatic rings. The number of nitrogens with one attached hydrogen (secondary N) is 1. The summed E-state index contributed by atoms with van der Waals surface area (Å²) in [5.74, 6) is -0.607. The van der Waals surface area contributed by atoms with Gasteiger partial charge < -0.3 is 29.7 Å². The molecule has 1 heterocycles. The van der Waals surface area contributed by atoms with Gasteiger partial charge in [0.2, 0.25) is 0 Å². The highest BCUT2D eigenvalue weighted by Crippen LogP contribution is 2.40. The minimum absolute atomic E-state index is 0.347. The molecule has 162 valence electrons. The van der Waals surface area contributed by atoms with Crippen LogP contribution in [-0.4, -0.2) is 37.9 Å². The largest absolute Gasteiger partial charge is 0.439 e. The van der Waals surface area contributed by atoms with Gasteiger partial charge in [0.25, 0.3) is 0 Å². The van der Waals surface area contributed by atoms with Crippen molar-refractivity contribution < 1.29 is 18.9 Å². The molecular formula is C25H28N2O4. The number of H-pyrrole nitrogens is 1. The van der Waals surface area contributed by atoms with Gasteiger partial charge in [-0.1, -0.05) is 36.4 Å². The van der Waals surface area contributed by atoms with E-state index in [1.165, 1.54) is 0 Å². The maximum atomic E-state index is 6.30. The zero-order chi connectivity index (χ0) is 21.8. The Morgan fingerprint density at radius 2 is 1.68 bits per heavy atom. The first-order valence-corrected chi connectivity index (χ1v) is 10.4. The molecule has 1 atom stereocenters. The summed E-state index contributed by atoms with van der Waals surface area (Å²) in [5.41, 5.74) is 10.9. The van der Waals surface area contributed by atoms with Crippen LogP contribution >= 0.6 is 0 Å². The fraction of sp³-hybridized carbons (Fsp3) is 0.280. The number of anilines is 1. The Bertz CT molecular complexity index is 1190. The quantitative estimate of drug-likeness (QED) is 0.218. The van der Waals surface area contributed by atoms with Crippen LogP contribution < -0.4 is 10.5 Å². The summed E-state index contributed by atoms with van der Waals surface area (Å²) >= 11 is 0. The van der Waals surface area contributed by atoms with E-state index in [0.717, 1.165) is 32.9 Å². The van der Waals surface area contributed by atoms with Crippen LogP contribution in [0.4, 0.5) is 5.69 Å². The maximum absolute atomic E-state index is 6.30. The van der Waals surface area contributed by atoms with Crippen molar-refractivity contribution in [1.29, 1.82) is 0 Å². The maximum Gasteiger partial charge on any atom is 0.323 e. The Labute approximate surface area is 181 Å². The van der Waals surface area contributed by atoms with Crippen molar-refractivity contribution in [2.45, 2.75) is 19.8 Å². The first kappa shape index (κ1) is 21.2. The lowest BCUT2D eigenvalue weighted by atomic mass is 10.00. The number of methoxy groups -OCH3 is 1. The van der Waals surface area contributed by atoms with Crippen LogP contribution in [0.1, 0.15) is 13.8 Å². The summed E-state index contributed by atoms with van der Waals surface area (Å²) in [7, 11) is 1.63. The number of para-hydroxylation sites is 2. The van der Waals surface area contributed by atoms with Gasteiger partial charge in [-0.15, -0.1) is 0 Å². The molecule has 3 aromatic carbocycles. The molecule has 0 amide bonds. The molecule has 0 bridgehead atoms. The Balaban J connectivity index is 1.81. The minimum atomic E-state index is -1.25. The highest BCUT2D eigenvalue weighted by molar-refractivity contribution is 6.13. The zero-order valence-corrected chi connectivity index (χ0v) is 18.1. The van der Waals surface area contributed by atoms with Gasteiger partial charge in [-0.3, -0.25) is 0 Å². The van der Waals surface area contributed by atoms with E-state index in [1.54, 1.807) is 14.0 Å². The van der Waals surface area contributed by atoms with Crippen LogP contribution in [0, 0.1) is 0 Å². The van der Waals surface area contributed by atoms with E-state index in [4.69, 9.17) is 24.7 Å². The van der Waals surface area contributed by atoms with Crippen molar-refractivity contribution in [1.82, 2.24) is 4.98 Å². The van der Waals surface area contributed by atoms with Gasteiger partial charge in [-0.2, -0.15) is 0 Å². The Hall–Kier alpha value is -3.06. The van der Waals surface area contributed by atoms with E-state index in [2.05, 4.69) is 17.1 Å². The summed E-state index contributed by atoms with van der Waals surface area (Å²) in [5, 5.41) is 2.20. The Morgan fingerprint density at radius 1 is 0.903 bits per heavy atom. The van der Waals surface area contributed by atoms with Crippen LogP contribution in [0.25, 0.3) is 32.9 Å². The minimum Gasteiger partial charge on any atom is -0.439 e. The van der Waals surface area contributed by atoms with Gasteiger partial charge in [-0.05, 0) is 31.2 Å². The number of ether oxygens (including phenoxy) is 4. The second kappa shape index (κ2) is 8.98. The fourth-order valence-electron chi connectivity index (χ4n) is 3.84. The average Bonchev–Trinajstić information content (AvgIpc) is 3.12. The molecule has 0 aliphatic carbocycles. The fourth-order valence-corrected chi connectivity index (χ4v) is 3.84. The number of hydrogen-bond acceptors (Lipinski definition) is 5. The van der Waals surface area contributed by atoms with E-state index in [0.29, 0.717) is 31.3 Å². The predicted octanol–water partition coefficient (Wildman–Crippen LogP) is 5.32. The van der Waals surface area contributed by atoms with Crippen molar-refractivity contribution in [3.8, 4) is 16.9 Å². The second-order valence-electron chi connectivity index (χ2n) is 7.40. The number of nitrogen functional groups attached to an aromatic ring is 1. The summed E-state index contributed by atoms with van der Waals surface area (Å²) in [6.45, 7) is 4.90. The highest BCUT2D eigenvalue weighted by atomic mass is 16.9. The summed E-state index contributed by atoms with van der Waals surface area (Å²) in [4.78, 5) is 3.54. The van der Waals surface area contributed by atoms with Gasteiger partial charge in [-0.25, -0.2) is 0 Å². The van der Waals surface area contributed by atoms with Gasteiger partial charge in [0.1, 0.15) is 5.75 Å². The third-order valence-corrected chi connectivity index (χ3v) is 5.17. The molecule has 0 aliphatic heterocycles. The van der Waals surface area contributed by atoms with Gasteiger partial charge in [0, 0.05) is 47.1 Å². The van der Waals surface area contributed by atoms with Gasteiger partial charge in [0.15, 0.2) is 0 Å². The summed E-state index contributed by atoms with van der Waals surface area (Å²) in [6, 6.07) is 20.0. The number of benzene rings is 3. The molecule has 1 aromatic heterocycles. The van der Waals surface area contributed by atoms with E-state index in [9.17, 15) is 0 Å². The molecule has 0 radical (unpaired) electrons. The third kappa shape index (κ3) is 4.37. The van der Waals surface area contributed by atoms with E-state index in [1.807, 2.05) is 55.5 Å². The molecule has 4 aromatic rings. The molecular weight excluding hydrogens is 392 g/mol. The van der Waals surface area contributed by atoms with Crippen LogP contribution in [0.2, 0.25) is 0 Å². The SMILES string of the molecule is CCOC(C)(OCCOC)Oc1ccccc1-c1cc(N)cc2c1[nH]c1ccccc12. The topological polar surface area (TPSA) is 78.7 Å². The third-order valence-electron chi connectivity index (χ3n) is 5.17. The molecule has 4 rings (SSSR count). The average molecular weight is 421 g/mol. The number of hydrogen-bond donors (Lipinski definition) is 2. The van der Waals surface area contributed by atoms with Crippen molar-refractivity contribution in [3.63, 3.8) is 0 Å². The molecule has 1 unspecified atom stereocenters. The number of rotatable bonds is 9. The van der Waals surface area contributed by atoms with E-state index < -0.39 is 5.97 Å². The van der Waals surface area contributed by atoms with Gasteiger partial charge >= 0.3 is 5.97 Å². The first-order valence-electron chi connectivity index (χ1n) is 10.4. The van der Waals surface area contributed by atoms with Crippen molar-refractivity contribution >= 4 is 27.5 Å². The Kier molecular flexibility index (Phi) is 6.13. The molecule has 0 saturated heterocycles. The summed E-state index contributed by atoms with van der Waals surface area (Å²) < 4.78 is 23.0. The zero-order valence-electron chi connectivity index (χ0n) is 18.1. The van der Waals surface area contributed by atoms with Crippen molar-refractivity contribution in [2.24, 2.45) is 0 Å². The van der Waals surface area contributed by atoms with E-state index >= 15 is 0 Å². The Morgan fingerprint density at radius 3 is 2.48 bits per heavy atom. The lowest BCUT2D eigenvalue weighted by molar-refractivity contribution is -0.332. The van der Waals surface area contributed by atoms with Gasteiger partial charge in [0.05, 0.1) is 25.3 Å². The molecule has 3 N–H and O–H groups in total. The van der Waals surface area contributed by atoms with Crippen molar-refractivity contribution in [3.05, 3.63) is 60.7 Å². The van der Waals surface area contributed by atoms with Crippen LogP contribution in [0.5, 0.6) is 5.75 Å². The number of fused-ring (bicyclic) bond motifs is 3. The molecule has 0 fully saturated rings. The molecule has 0 spiro atoms. The van der Waals surface area contributed by atoms with Crippen LogP contribution in [0.3, 0.4) is 0 Å². The monoisotopic (exact) mass is 420 g/mol. The predicted molar refractivity (Wildman–Crippen MR) is 124 cm³/mol. The van der Waals surface area contributed by atoms with Crippen LogP contribution in [-0.2, 0) is 14.2 Å².